The number of rotatable bonds is 6. The molecule has 4 nitrogen and oxygen atoms in total. The molecule has 18 heavy (non-hydrogen) atoms. The monoisotopic (exact) mass is 251 g/mol. The van der Waals surface area contributed by atoms with Gasteiger partial charge in [0.05, 0.1) is 20.1 Å². The molecule has 4 heteroatoms. The third-order valence-corrected chi connectivity index (χ3v) is 2.61. The molecule has 0 aromatic heterocycles. The highest BCUT2D eigenvalue weighted by atomic mass is 16.5. The van der Waals surface area contributed by atoms with E-state index in [1.54, 1.807) is 14.2 Å². The van der Waals surface area contributed by atoms with Crippen LogP contribution in [0.25, 0.3) is 0 Å². The number of nitrogens with one attached hydrogen (secondary N) is 1. The third kappa shape index (κ3) is 4.37. The van der Waals surface area contributed by atoms with Crippen LogP contribution < -0.4 is 10.1 Å². The number of hydrogen-bond donors (Lipinski definition) is 1. The van der Waals surface area contributed by atoms with Gasteiger partial charge in [-0.25, -0.2) is 0 Å². The van der Waals surface area contributed by atoms with Crippen molar-refractivity contribution in [1.82, 2.24) is 5.32 Å². The highest BCUT2D eigenvalue weighted by Gasteiger charge is 2.11. The SMILES string of the molecule is COC[C@H](C)NC(=O)Cc1cc(C)ccc1OC. The van der Waals surface area contributed by atoms with Gasteiger partial charge in [0, 0.05) is 18.7 Å². The van der Waals surface area contributed by atoms with Crippen molar-refractivity contribution >= 4 is 5.91 Å². The van der Waals surface area contributed by atoms with E-state index < -0.39 is 0 Å². The van der Waals surface area contributed by atoms with E-state index in [0.29, 0.717) is 13.0 Å². The molecule has 1 atom stereocenters. The summed E-state index contributed by atoms with van der Waals surface area (Å²) in [6, 6.07) is 5.84. The minimum Gasteiger partial charge on any atom is -0.496 e. The summed E-state index contributed by atoms with van der Waals surface area (Å²) in [6.45, 7) is 4.42. The molecular weight excluding hydrogens is 230 g/mol. The lowest BCUT2D eigenvalue weighted by atomic mass is 10.1. The summed E-state index contributed by atoms with van der Waals surface area (Å²) >= 11 is 0. The van der Waals surface area contributed by atoms with Gasteiger partial charge in [-0.3, -0.25) is 4.79 Å². The Bertz CT molecular complexity index is 404. The second-order valence-electron chi connectivity index (χ2n) is 4.42. The Labute approximate surface area is 108 Å². The fourth-order valence-corrected chi connectivity index (χ4v) is 1.84. The molecule has 1 rings (SSSR count). The van der Waals surface area contributed by atoms with Gasteiger partial charge < -0.3 is 14.8 Å². The second kappa shape index (κ2) is 7.01. The van der Waals surface area contributed by atoms with Crippen molar-refractivity contribution in [3.63, 3.8) is 0 Å². The highest BCUT2D eigenvalue weighted by Crippen LogP contribution is 2.20. The predicted molar refractivity (Wildman–Crippen MR) is 70.9 cm³/mol. The Balaban J connectivity index is 2.66. The van der Waals surface area contributed by atoms with Crippen LogP contribution in [0.3, 0.4) is 0 Å². The molecule has 0 aliphatic heterocycles. The lowest BCUT2D eigenvalue weighted by molar-refractivity contribution is -0.121. The summed E-state index contributed by atoms with van der Waals surface area (Å²) in [5.74, 6) is 0.721. The Morgan fingerprint density at radius 2 is 2.11 bits per heavy atom. The summed E-state index contributed by atoms with van der Waals surface area (Å²) < 4.78 is 10.2. The Morgan fingerprint density at radius 1 is 1.39 bits per heavy atom. The molecule has 0 saturated carbocycles. The number of ether oxygens (including phenoxy) is 2. The maximum Gasteiger partial charge on any atom is 0.224 e. The number of carbonyl (C=O) groups is 1. The Morgan fingerprint density at radius 3 is 2.72 bits per heavy atom. The van der Waals surface area contributed by atoms with Crippen LogP contribution in [-0.2, 0) is 16.0 Å². The van der Waals surface area contributed by atoms with Crippen LogP contribution in [0.5, 0.6) is 5.75 Å². The maximum atomic E-state index is 11.9. The summed E-state index contributed by atoms with van der Waals surface area (Å²) in [7, 11) is 3.23. The van der Waals surface area contributed by atoms with E-state index in [4.69, 9.17) is 9.47 Å². The van der Waals surface area contributed by atoms with E-state index in [1.165, 1.54) is 0 Å². The van der Waals surface area contributed by atoms with Crippen molar-refractivity contribution in [1.29, 1.82) is 0 Å². The first kappa shape index (κ1) is 14.5. The first-order valence-electron chi connectivity index (χ1n) is 5.98. The van der Waals surface area contributed by atoms with Crippen LogP contribution in [0.4, 0.5) is 0 Å². The average Bonchev–Trinajstić information content (AvgIpc) is 2.29. The lowest BCUT2D eigenvalue weighted by Crippen LogP contribution is -2.36. The summed E-state index contributed by atoms with van der Waals surface area (Å²) in [5.41, 5.74) is 2.02. The Hall–Kier alpha value is -1.55. The van der Waals surface area contributed by atoms with Gasteiger partial charge in [0.15, 0.2) is 0 Å². The number of carbonyl (C=O) groups excluding carboxylic acids is 1. The smallest absolute Gasteiger partial charge is 0.224 e. The molecule has 0 radical (unpaired) electrons. The first-order valence-corrected chi connectivity index (χ1v) is 5.98. The molecule has 1 amide bonds. The van der Waals surface area contributed by atoms with Crippen LogP contribution in [0.2, 0.25) is 0 Å². The van der Waals surface area contributed by atoms with Crippen molar-refractivity contribution in [3.8, 4) is 5.75 Å². The van der Waals surface area contributed by atoms with Gasteiger partial charge in [0.2, 0.25) is 5.91 Å². The zero-order valence-corrected chi connectivity index (χ0v) is 11.4. The quantitative estimate of drug-likeness (QED) is 0.837. The van der Waals surface area contributed by atoms with E-state index in [2.05, 4.69) is 5.32 Å². The van der Waals surface area contributed by atoms with E-state index in [9.17, 15) is 4.79 Å². The molecule has 1 aromatic carbocycles. The molecule has 0 bridgehead atoms. The van der Waals surface area contributed by atoms with Crippen LogP contribution in [0, 0.1) is 6.92 Å². The molecule has 0 spiro atoms. The molecule has 0 aliphatic carbocycles. The second-order valence-corrected chi connectivity index (χ2v) is 4.42. The van der Waals surface area contributed by atoms with Gasteiger partial charge in [0.25, 0.3) is 0 Å². The van der Waals surface area contributed by atoms with Gasteiger partial charge in [-0.1, -0.05) is 17.7 Å². The molecule has 1 aromatic rings. The van der Waals surface area contributed by atoms with Crippen LogP contribution in [0.1, 0.15) is 18.1 Å². The molecule has 0 saturated heterocycles. The van der Waals surface area contributed by atoms with Crippen LogP contribution in [-0.4, -0.2) is 32.8 Å². The third-order valence-electron chi connectivity index (χ3n) is 2.61. The number of aryl methyl sites for hydroxylation is 1. The van der Waals surface area contributed by atoms with Gasteiger partial charge in [-0.2, -0.15) is 0 Å². The molecule has 1 N–H and O–H groups in total. The van der Waals surface area contributed by atoms with Gasteiger partial charge >= 0.3 is 0 Å². The van der Waals surface area contributed by atoms with E-state index in [-0.39, 0.29) is 11.9 Å². The minimum absolute atomic E-state index is 0.0123. The maximum absolute atomic E-state index is 11.9. The van der Waals surface area contributed by atoms with Gasteiger partial charge in [-0.05, 0) is 19.9 Å². The van der Waals surface area contributed by atoms with Gasteiger partial charge in [0.1, 0.15) is 5.75 Å². The molecule has 0 fully saturated rings. The van der Waals surface area contributed by atoms with Crippen molar-refractivity contribution in [3.05, 3.63) is 29.3 Å². The zero-order chi connectivity index (χ0) is 13.5. The van der Waals surface area contributed by atoms with Crippen LogP contribution >= 0.6 is 0 Å². The summed E-state index contributed by atoms with van der Waals surface area (Å²) in [4.78, 5) is 11.9. The van der Waals surface area contributed by atoms with Crippen molar-refractivity contribution < 1.29 is 14.3 Å². The average molecular weight is 251 g/mol. The van der Waals surface area contributed by atoms with E-state index >= 15 is 0 Å². The van der Waals surface area contributed by atoms with Crippen molar-refractivity contribution in [2.75, 3.05) is 20.8 Å². The van der Waals surface area contributed by atoms with Gasteiger partial charge in [-0.15, -0.1) is 0 Å². The highest BCUT2D eigenvalue weighted by molar-refractivity contribution is 5.79. The standard InChI is InChI=1S/C14H21NO3/c1-10-5-6-13(18-4)12(7-10)8-14(16)15-11(2)9-17-3/h5-7,11H,8-9H2,1-4H3,(H,15,16)/t11-/m0/s1. The molecule has 100 valence electrons. The number of methoxy groups -OCH3 is 2. The summed E-state index contributed by atoms with van der Waals surface area (Å²) in [6.07, 6.45) is 0.318. The summed E-state index contributed by atoms with van der Waals surface area (Å²) in [5, 5.41) is 2.88. The minimum atomic E-state index is -0.0246. The number of hydrogen-bond acceptors (Lipinski definition) is 3. The molecular formula is C14H21NO3. The fraction of sp³-hybridized carbons (Fsp3) is 0.500. The fourth-order valence-electron chi connectivity index (χ4n) is 1.84. The lowest BCUT2D eigenvalue weighted by Gasteiger charge is -2.14. The number of benzene rings is 1. The predicted octanol–water partition coefficient (Wildman–Crippen LogP) is 1.70. The van der Waals surface area contributed by atoms with Crippen LogP contribution in [0.15, 0.2) is 18.2 Å². The number of amides is 1. The largest absolute Gasteiger partial charge is 0.496 e. The molecule has 0 unspecified atom stereocenters. The van der Waals surface area contributed by atoms with E-state index in [1.807, 2.05) is 32.0 Å². The molecule has 0 aliphatic rings. The van der Waals surface area contributed by atoms with Crippen molar-refractivity contribution in [2.24, 2.45) is 0 Å². The Kier molecular flexibility index (Phi) is 5.65. The van der Waals surface area contributed by atoms with E-state index in [0.717, 1.165) is 16.9 Å². The first-order chi connectivity index (χ1) is 8.56. The normalized spacial score (nSPS) is 12.0. The zero-order valence-electron chi connectivity index (χ0n) is 11.4. The topological polar surface area (TPSA) is 47.6 Å². The van der Waals surface area contributed by atoms with Crippen molar-refractivity contribution in [2.45, 2.75) is 26.3 Å². The molecule has 0 heterocycles.